The highest BCUT2D eigenvalue weighted by molar-refractivity contribution is 7.91. The van der Waals surface area contributed by atoms with Crippen molar-refractivity contribution in [2.24, 2.45) is 0 Å². The molecule has 31 heavy (non-hydrogen) atoms. The van der Waals surface area contributed by atoms with Crippen LogP contribution in [0.15, 0.2) is 42.5 Å². The fourth-order valence-electron chi connectivity index (χ4n) is 3.61. The lowest BCUT2D eigenvalue weighted by Gasteiger charge is -2.23. The lowest BCUT2D eigenvalue weighted by Crippen LogP contribution is -2.48. The maximum atomic E-state index is 12.8. The van der Waals surface area contributed by atoms with Crippen LogP contribution < -0.4 is 5.32 Å². The molecule has 1 atom stereocenters. The van der Waals surface area contributed by atoms with E-state index in [2.05, 4.69) is 10.3 Å². The zero-order valence-corrected chi connectivity index (χ0v) is 18.9. The number of rotatable bonds is 5. The minimum atomic E-state index is -3.17. The molecule has 0 saturated carbocycles. The number of carbonyl (C=O) groups is 2. The molecule has 1 N–H and O–H groups in total. The number of nitrogens with zero attached hydrogens (tertiary/aromatic N) is 1. The van der Waals surface area contributed by atoms with Crippen LogP contribution in [0.4, 0.5) is 0 Å². The van der Waals surface area contributed by atoms with E-state index in [0.29, 0.717) is 27.4 Å². The first-order chi connectivity index (χ1) is 14.6. The molecule has 162 valence electrons. The van der Waals surface area contributed by atoms with Crippen molar-refractivity contribution in [2.45, 2.75) is 18.9 Å². The number of nitrogens with one attached hydrogen (secondary N) is 1. The van der Waals surface area contributed by atoms with E-state index in [1.54, 1.807) is 37.3 Å². The first kappa shape index (κ1) is 21.7. The molecule has 2 aromatic heterocycles. The van der Waals surface area contributed by atoms with Gasteiger partial charge in [-0.2, -0.15) is 0 Å². The maximum absolute atomic E-state index is 12.8. The number of halogens is 1. The standard InChI is InChI=1S/C21H19ClN2O5S2/c1-21(8-9-31(27,28)12-21)24-19(25)11-29-20(26)14-10-16(17-6-7-18(22)30-17)23-15-5-3-2-4-13(14)15/h2-7,10H,8-9,11-12H2,1H3,(H,24,25). The summed E-state index contributed by atoms with van der Waals surface area (Å²) in [6.07, 6.45) is 0.330. The Hall–Kier alpha value is -2.49. The van der Waals surface area contributed by atoms with Gasteiger partial charge < -0.3 is 10.1 Å². The van der Waals surface area contributed by atoms with Crippen molar-refractivity contribution in [3.8, 4) is 10.6 Å². The summed E-state index contributed by atoms with van der Waals surface area (Å²) in [6.45, 7) is 1.16. The van der Waals surface area contributed by atoms with Crippen molar-refractivity contribution in [3.63, 3.8) is 0 Å². The highest BCUT2D eigenvalue weighted by atomic mass is 35.5. The maximum Gasteiger partial charge on any atom is 0.339 e. The molecule has 1 amide bonds. The highest BCUT2D eigenvalue weighted by Gasteiger charge is 2.39. The van der Waals surface area contributed by atoms with Crippen LogP contribution in [0.25, 0.3) is 21.5 Å². The predicted molar refractivity (Wildman–Crippen MR) is 120 cm³/mol. The Morgan fingerprint density at radius 3 is 2.71 bits per heavy atom. The number of ether oxygens (including phenoxy) is 1. The van der Waals surface area contributed by atoms with Gasteiger partial charge in [0.1, 0.15) is 0 Å². The number of esters is 1. The van der Waals surface area contributed by atoms with E-state index >= 15 is 0 Å². The molecule has 0 bridgehead atoms. The molecule has 0 aliphatic carbocycles. The number of hydrogen-bond donors (Lipinski definition) is 1. The summed E-state index contributed by atoms with van der Waals surface area (Å²) in [6, 6.07) is 12.4. The first-order valence-electron chi connectivity index (χ1n) is 9.48. The zero-order chi connectivity index (χ0) is 22.2. The molecule has 0 radical (unpaired) electrons. The smallest absolute Gasteiger partial charge is 0.339 e. The quantitative estimate of drug-likeness (QED) is 0.563. The van der Waals surface area contributed by atoms with Gasteiger partial charge in [-0.25, -0.2) is 18.2 Å². The van der Waals surface area contributed by atoms with E-state index in [1.165, 1.54) is 11.3 Å². The largest absolute Gasteiger partial charge is 0.452 e. The van der Waals surface area contributed by atoms with Crippen LogP contribution in [-0.4, -0.2) is 48.9 Å². The van der Waals surface area contributed by atoms with E-state index in [9.17, 15) is 18.0 Å². The summed E-state index contributed by atoms with van der Waals surface area (Å²) < 4.78 is 29.3. The molecular weight excluding hydrogens is 460 g/mol. The summed E-state index contributed by atoms with van der Waals surface area (Å²) >= 11 is 7.37. The van der Waals surface area contributed by atoms with Crippen LogP contribution in [0.3, 0.4) is 0 Å². The van der Waals surface area contributed by atoms with E-state index in [0.717, 1.165) is 4.88 Å². The lowest BCUT2D eigenvalue weighted by molar-refractivity contribution is -0.125. The van der Waals surface area contributed by atoms with Gasteiger partial charge in [0.25, 0.3) is 5.91 Å². The second kappa shape index (κ2) is 8.22. The van der Waals surface area contributed by atoms with Gasteiger partial charge in [-0.15, -0.1) is 11.3 Å². The average Bonchev–Trinajstić information content (AvgIpc) is 3.27. The number of amides is 1. The fourth-order valence-corrected chi connectivity index (χ4v) is 6.71. The van der Waals surface area contributed by atoms with Crippen LogP contribution in [0.1, 0.15) is 23.7 Å². The molecule has 1 fully saturated rings. The SMILES string of the molecule is CC1(NC(=O)COC(=O)c2cc(-c3ccc(Cl)s3)nc3ccccc23)CCS(=O)(=O)C1. The van der Waals surface area contributed by atoms with Gasteiger partial charge >= 0.3 is 5.97 Å². The van der Waals surface area contributed by atoms with E-state index in [4.69, 9.17) is 16.3 Å². The number of aromatic nitrogens is 1. The number of benzene rings is 1. The molecule has 1 aromatic carbocycles. The number of pyridine rings is 1. The second-order valence-corrected chi connectivity index (χ2v) is 11.6. The summed E-state index contributed by atoms with van der Waals surface area (Å²) in [5.41, 5.74) is 0.630. The normalized spacial score (nSPS) is 19.9. The molecule has 3 heterocycles. The predicted octanol–water partition coefficient (Wildman–Crippen LogP) is 3.47. The Balaban J connectivity index is 1.53. The van der Waals surface area contributed by atoms with Crippen LogP contribution >= 0.6 is 22.9 Å². The van der Waals surface area contributed by atoms with Crippen molar-refractivity contribution in [3.05, 3.63) is 52.4 Å². The first-order valence-corrected chi connectivity index (χ1v) is 12.5. The number of carbonyl (C=O) groups excluding carboxylic acids is 2. The van der Waals surface area contributed by atoms with Crippen LogP contribution in [-0.2, 0) is 19.4 Å². The van der Waals surface area contributed by atoms with Gasteiger partial charge in [0.15, 0.2) is 16.4 Å². The van der Waals surface area contributed by atoms with Gasteiger partial charge in [-0.1, -0.05) is 29.8 Å². The third-order valence-electron chi connectivity index (χ3n) is 5.04. The zero-order valence-electron chi connectivity index (χ0n) is 16.6. The Bertz CT molecular complexity index is 1290. The topological polar surface area (TPSA) is 102 Å². The van der Waals surface area contributed by atoms with E-state index in [-0.39, 0.29) is 17.1 Å². The summed E-state index contributed by atoms with van der Waals surface area (Å²) in [5, 5.41) is 3.28. The number of para-hydroxylation sites is 1. The van der Waals surface area contributed by atoms with E-state index in [1.807, 2.05) is 12.1 Å². The van der Waals surface area contributed by atoms with Crippen molar-refractivity contribution in [1.82, 2.24) is 10.3 Å². The Morgan fingerprint density at radius 1 is 1.26 bits per heavy atom. The van der Waals surface area contributed by atoms with Gasteiger partial charge in [-0.05, 0) is 37.6 Å². The lowest BCUT2D eigenvalue weighted by atomic mass is 10.0. The number of sulfone groups is 1. The third-order valence-corrected chi connectivity index (χ3v) is 8.20. The van der Waals surface area contributed by atoms with Gasteiger partial charge in [0.2, 0.25) is 0 Å². The number of hydrogen-bond acceptors (Lipinski definition) is 7. The van der Waals surface area contributed by atoms with Crippen molar-refractivity contribution in [1.29, 1.82) is 0 Å². The second-order valence-electron chi connectivity index (χ2n) is 7.70. The molecule has 0 spiro atoms. The van der Waals surface area contributed by atoms with Gasteiger partial charge in [0.05, 0.1) is 43.0 Å². The van der Waals surface area contributed by atoms with Crippen molar-refractivity contribution < 1.29 is 22.7 Å². The molecule has 10 heteroatoms. The molecule has 4 rings (SSSR count). The molecule has 7 nitrogen and oxygen atoms in total. The van der Waals surface area contributed by atoms with E-state index < -0.39 is 33.9 Å². The Kier molecular flexibility index (Phi) is 5.76. The Morgan fingerprint density at radius 2 is 2.03 bits per heavy atom. The summed E-state index contributed by atoms with van der Waals surface area (Å²) in [4.78, 5) is 30.5. The molecule has 1 aliphatic heterocycles. The van der Waals surface area contributed by atoms with Gasteiger partial charge in [-0.3, -0.25) is 4.79 Å². The van der Waals surface area contributed by atoms with Crippen LogP contribution in [0.2, 0.25) is 4.34 Å². The van der Waals surface area contributed by atoms with Gasteiger partial charge in [0, 0.05) is 5.39 Å². The van der Waals surface area contributed by atoms with Crippen LogP contribution in [0, 0.1) is 0 Å². The number of thiophene rings is 1. The molecule has 1 unspecified atom stereocenters. The van der Waals surface area contributed by atoms with Crippen molar-refractivity contribution in [2.75, 3.05) is 18.1 Å². The molecule has 1 aliphatic rings. The fraction of sp³-hybridized carbons (Fsp3) is 0.286. The summed E-state index contributed by atoms with van der Waals surface area (Å²) in [7, 11) is -3.17. The summed E-state index contributed by atoms with van der Waals surface area (Å²) in [5.74, 6) is -1.30. The minimum Gasteiger partial charge on any atom is -0.452 e. The highest BCUT2D eigenvalue weighted by Crippen LogP contribution is 2.32. The number of fused-ring (bicyclic) bond motifs is 1. The van der Waals surface area contributed by atoms with Crippen LogP contribution in [0.5, 0.6) is 0 Å². The molecule has 1 saturated heterocycles. The Labute approximate surface area is 188 Å². The molecular formula is C21H19ClN2O5S2. The minimum absolute atomic E-state index is 0.0298. The molecule has 3 aromatic rings. The average molecular weight is 479 g/mol. The monoisotopic (exact) mass is 478 g/mol. The third kappa shape index (κ3) is 4.89. The van der Waals surface area contributed by atoms with Crippen molar-refractivity contribution >= 4 is 55.6 Å².